The minimum atomic E-state index is 0.549. The number of hydrogen-bond donors (Lipinski definition) is 2. The van der Waals surface area contributed by atoms with Crippen LogP contribution in [0.15, 0.2) is 42.5 Å². The zero-order chi connectivity index (χ0) is 12.5. The monoisotopic (exact) mass is 237 g/mol. The molecule has 0 radical (unpaired) electrons. The average molecular weight is 237 g/mol. The standard InChI is InChI=1S/C15H15N3/c1-10-5-6-13-14(7-10)18-15(17-13)12-4-2-3-11(8-12)9-16/h2-8H,9,16H2,1H3,(H,17,18). The molecule has 1 heterocycles. The molecule has 0 aliphatic carbocycles. The van der Waals surface area contributed by atoms with Gasteiger partial charge in [0.1, 0.15) is 5.82 Å². The van der Waals surface area contributed by atoms with Gasteiger partial charge >= 0.3 is 0 Å². The average Bonchev–Trinajstić information content (AvgIpc) is 2.81. The fourth-order valence-corrected chi connectivity index (χ4v) is 2.11. The van der Waals surface area contributed by atoms with E-state index in [0.29, 0.717) is 6.54 Å². The smallest absolute Gasteiger partial charge is 0.138 e. The van der Waals surface area contributed by atoms with Gasteiger partial charge < -0.3 is 10.7 Å². The summed E-state index contributed by atoms with van der Waals surface area (Å²) >= 11 is 0. The van der Waals surface area contributed by atoms with Crippen molar-refractivity contribution in [2.75, 3.05) is 0 Å². The quantitative estimate of drug-likeness (QED) is 0.720. The third kappa shape index (κ3) is 1.89. The lowest BCUT2D eigenvalue weighted by atomic mass is 10.1. The summed E-state index contributed by atoms with van der Waals surface area (Å²) in [6, 6.07) is 14.4. The minimum Gasteiger partial charge on any atom is -0.338 e. The highest BCUT2D eigenvalue weighted by Crippen LogP contribution is 2.21. The molecule has 3 rings (SSSR count). The second-order valence-corrected chi connectivity index (χ2v) is 4.51. The molecule has 0 atom stereocenters. The van der Waals surface area contributed by atoms with Gasteiger partial charge in [-0.05, 0) is 36.2 Å². The second-order valence-electron chi connectivity index (χ2n) is 4.51. The molecule has 0 bridgehead atoms. The molecule has 0 unspecified atom stereocenters. The third-order valence-electron chi connectivity index (χ3n) is 3.07. The minimum absolute atomic E-state index is 0.549. The van der Waals surface area contributed by atoms with Gasteiger partial charge in [0.05, 0.1) is 11.0 Å². The summed E-state index contributed by atoms with van der Waals surface area (Å²) in [6.45, 7) is 2.63. The SMILES string of the molecule is Cc1ccc2nc(-c3cccc(CN)c3)[nH]c2c1. The predicted octanol–water partition coefficient (Wildman–Crippen LogP) is 3.00. The number of nitrogens with one attached hydrogen (secondary N) is 1. The van der Waals surface area contributed by atoms with E-state index in [0.717, 1.165) is 28.0 Å². The third-order valence-corrected chi connectivity index (χ3v) is 3.07. The lowest BCUT2D eigenvalue weighted by Crippen LogP contribution is -1.95. The van der Waals surface area contributed by atoms with E-state index < -0.39 is 0 Å². The number of hydrogen-bond acceptors (Lipinski definition) is 2. The predicted molar refractivity (Wildman–Crippen MR) is 74.2 cm³/mol. The molecule has 3 nitrogen and oxygen atoms in total. The summed E-state index contributed by atoms with van der Waals surface area (Å²) in [4.78, 5) is 7.96. The zero-order valence-corrected chi connectivity index (χ0v) is 10.3. The Morgan fingerprint density at radius 1 is 1.17 bits per heavy atom. The Balaban J connectivity index is 2.13. The van der Waals surface area contributed by atoms with Crippen LogP contribution in [0.1, 0.15) is 11.1 Å². The van der Waals surface area contributed by atoms with Crippen LogP contribution in [0.4, 0.5) is 0 Å². The first-order valence-corrected chi connectivity index (χ1v) is 6.02. The molecule has 0 amide bonds. The van der Waals surface area contributed by atoms with Crippen molar-refractivity contribution in [3.8, 4) is 11.4 Å². The van der Waals surface area contributed by atoms with E-state index in [-0.39, 0.29) is 0 Å². The van der Waals surface area contributed by atoms with Gasteiger partial charge in [0.25, 0.3) is 0 Å². The number of nitrogens with zero attached hydrogens (tertiary/aromatic N) is 1. The molecule has 3 N–H and O–H groups in total. The molecule has 1 aromatic heterocycles. The van der Waals surface area contributed by atoms with Gasteiger partial charge in [-0.2, -0.15) is 0 Å². The Bertz CT molecular complexity index is 698. The highest BCUT2D eigenvalue weighted by atomic mass is 14.9. The summed E-state index contributed by atoms with van der Waals surface area (Å²) in [7, 11) is 0. The van der Waals surface area contributed by atoms with Crippen LogP contribution in [0, 0.1) is 6.92 Å². The van der Waals surface area contributed by atoms with Crippen molar-refractivity contribution in [2.24, 2.45) is 5.73 Å². The van der Waals surface area contributed by atoms with Gasteiger partial charge in [0, 0.05) is 12.1 Å². The molecule has 0 saturated carbocycles. The van der Waals surface area contributed by atoms with E-state index in [4.69, 9.17) is 5.73 Å². The first kappa shape index (κ1) is 11.0. The topological polar surface area (TPSA) is 54.7 Å². The highest BCUT2D eigenvalue weighted by Gasteiger charge is 2.05. The maximum Gasteiger partial charge on any atom is 0.138 e. The molecule has 0 aliphatic heterocycles. The van der Waals surface area contributed by atoms with Crippen molar-refractivity contribution >= 4 is 11.0 Å². The van der Waals surface area contributed by atoms with E-state index >= 15 is 0 Å². The van der Waals surface area contributed by atoms with Crippen molar-refractivity contribution in [2.45, 2.75) is 13.5 Å². The first-order valence-electron chi connectivity index (χ1n) is 6.02. The summed E-state index contributed by atoms with van der Waals surface area (Å²) in [6.07, 6.45) is 0. The summed E-state index contributed by atoms with van der Waals surface area (Å²) in [5.74, 6) is 0.894. The Labute approximate surface area is 106 Å². The molecule has 0 spiro atoms. The molecule has 0 fully saturated rings. The number of nitrogens with two attached hydrogens (primary N) is 1. The normalized spacial score (nSPS) is 11.0. The summed E-state index contributed by atoms with van der Waals surface area (Å²) < 4.78 is 0. The lowest BCUT2D eigenvalue weighted by Gasteiger charge is -1.99. The number of rotatable bonds is 2. The molecule has 18 heavy (non-hydrogen) atoms. The Morgan fingerprint density at radius 2 is 2.06 bits per heavy atom. The number of aromatic amines is 1. The Morgan fingerprint density at radius 3 is 2.89 bits per heavy atom. The van der Waals surface area contributed by atoms with Crippen LogP contribution in [0.2, 0.25) is 0 Å². The fourth-order valence-electron chi connectivity index (χ4n) is 2.11. The largest absolute Gasteiger partial charge is 0.338 e. The molecule has 0 saturated heterocycles. The van der Waals surface area contributed by atoms with E-state index in [1.807, 2.05) is 24.3 Å². The Hall–Kier alpha value is -2.13. The van der Waals surface area contributed by atoms with E-state index in [1.165, 1.54) is 5.56 Å². The van der Waals surface area contributed by atoms with Crippen LogP contribution in [-0.2, 0) is 6.54 Å². The first-order chi connectivity index (χ1) is 8.76. The van der Waals surface area contributed by atoms with E-state index in [2.05, 4.69) is 35.1 Å². The highest BCUT2D eigenvalue weighted by molar-refractivity contribution is 5.80. The van der Waals surface area contributed by atoms with Gasteiger partial charge in [0.2, 0.25) is 0 Å². The van der Waals surface area contributed by atoms with Crippen molar-refractivity contribution in [3.05, 3.63) is 53.6 Å². The number of fused-ring (bicyclic) bond motifs is 1. The summed E-state index contributed by atoms with van der Waals surface area (Å²) in [5.41, 5.74) is 11.1. The Kier molecular flexibility index (Phi) is 2.61. The van der Waals surface area contributed by atoms with Crippen LogP contribution in [0.3, 0.4) is 0 Å². The van der Waals surface area contributed by atoms with E-state index in [1.54, 1.807) is 0 Å². The van der Waals surface area contributed by atoms with Crippen LogP contribution < -0.4 is 5.73 Å². The maximum absolute atomic E-state index is 5.66. The number of aromatic nitrogens is 2. The van der Waals surface area contributed by atoms with Gasteiger partial charge in [-0.15, -0.1) is 0 Å². The number of aryl methyl sites for hydroxylation is 1. The van der Waals surface area contributed by atoms with Gasteiger partial charge in [-0.3, -0.25) is 0 Å². The molecular formula is C15H15N3. The molecular weight excluding hydrogens is 222 g/mol. The molecule has 0 aliphatic rings. The molecule has 3 aromatic rings. The van der Waals surface area contributed by atoms with Crippen LogP contribution in [-0.4, -0.2) is 9.97 Å². The van der Waals surface area contributed by atoms with Gasteiger partial charge in [-0.1, -0.05) is 24.3 Å². The lowest BCUT2D eigenvalue weighted by molar-refractivity contribution is 1.07. The maximum atomic E-state index is 5.66. The van der Waals surface area contributed by atoms with Crippen molar-refractivity contribution in [1.82, 2.24) is 9.97 Å². The fraction of sp³-hybridized carbons (Fsp3) is 0.133. The summed E-state index contributed by atoms with van der Waals surface area (Å²) in [5, 5.41) is 0. The van der Waals surface area contributed by atoms with Crippen molar-refractivity contribution in [3.63, 3.8) is 0 Å². The van der Waals surface area contributed by atoms with Crippen LogP contribution in [0.5, 0.6) is 0 Å². The van der Waals surface area contributed by atoms with Crippen LogP contribution >= 0.6 is 0 Å². The number of H-pyrrole nitrogens is 1. The molecule has 2 aromatic carbocycles. The molecule has 3 heteroatoms. The van der Waals surface area contributed by atoms with E-state index in [9.17, 15) is 0 Å². The number of benzene rings is 2. The van der Waals surface area contributed by atoms with Crippen molar-refractivity contribution < 1.29 is 0 Å². The van der Waals surface area contributed by atoms with Crippen LogP contribution in [0.25, 0.3) is 22.4 Å². The van der Waals surface area contributed by atoms with Gasteiger partial charge in [-0.25, -0.2) is 4.98 Å². The van der Waals surface area contributed by atoms with Gasteiger partial charge in [0.15, 0.2) is 0 Å². The second kappa shape index (κ2) is 4.27. The van der Waals surface area contributed by atoms with Crippen molar-refractivity contribution in [1.29, 1.82) is 0 Å². The molecule has 90 valence electrons. The number of imidazole rings is 1. The zero-order valence-electron chi connectivity index (χ0n) is 10.3.